The summed E-state index contributed by atoms with van der Waals surface area (Å²) < 4.78 is 21.9. The summed E-state index contributed by atoms with van der Waals surface area (Å²) in [7, 11) is -3.03. The molecule has 0 fully saturated rings. The molecule has 1 aromatic heterocycles. The topological polar surface area (TPSA) is 91.9 Å². The molecule has 2 N–H and O–H groups in total. The Morgan fingerprint density at radius 2 is 2.27 bits per heavy atom. The second kappa shape index (κ2) is 4.43. The Hall–Kier alpha value is -1.37. The third kappa shape index (κ3) is 4.59. The van der Waals surface area contributed by atoms with E-state index in [1.54, 1.807) is 6.92 Å². The zero-order valence-corrected chi connectivity index (χ0v) is 9.34. The first-order chi connectivity index (χ1) is 6.87. The summed E-state index contributed by atoms with van der Waals surface area (Å²) in [5.41, 5.74) is -0.279. The van der Waals surface area contributed by atoms with Gasteiger partial charge in [-0.05, 0) is 6.92 Å². The van der Waals surface area contributed by atoms with E-state index < -0.39 is 9.84 Å². The van der Waals surface area contributed by atoms with Crippen molar-refractivity contribution in [3.63, 3.8) is 0 Å². The molecule has 0 aromatic carbocycles. The molecule has 1 atom stereocenters. The van der Waals surface area contributed by atoms with E-state index in [4.69, 9.17) is 0 Å². The molecule has 0 saturated heterocycles. The van der Waals surface area contributed by atoms with Gasteiger partial charge in [0.15, 0.2) is 0 Å². The summed E-state index contributed by atoms with van der Waals surface area (Å²) in [6, 6.07) is 0.994. The predicted molar refractivity (Wildman–Crippen MR) is 57.7 cm³/mol. The molecule has 0 aliphatic heterocycles. The number of hydrogen-bond donors (Lipinski definition) is 2. The molecular formula is C8H13N3O3S. The standard InChI is InChI=1S/C8H13N3O3S/c1-6(4-15(2,13)14)11-7-3-8(12)10-5-9-7/h3,5-6H,4H2,1-2H3,(H2,9,10,11,12). The lowest BCUT2D eigenvalue weighted by atomic mass is 10.4. The van der Waals surface area contributed by atoms with E-state index in [2.05, 4.69) is 15.3 Å². The molecule has 0 spiro atoms. The molecule has 7 heteroatoms. The van der Waals surface area contributed by atoms with Gasteiger partial charge >= 0.3 is 0 Å². The summed E-state index contributed by atoms with van der Waals surface area (Å²) in [4.78, 5) is 17.1. The Labute approximate surface area is 87.7 Å². The Kier molecular flexibility index (Phi) is 3.46. The van der Waals surface area contributed by atoms with Crippen molar-refractivity contribution >= 4 is 15.7 Å². The van der Waals surface area contributed by atoms with Crippen LogP contribution in [0.1, 0.15) is 6.92 Å². The number of H-pyrrole nitrogens is 1. The van der Waals surface area contributed by atoms with Gasteiger partial charge in [0.25, 0.3) is 5.56 Å². The Balaban J connectivity index is 2.67. The van der Waals surface area contributed by atoms with E-state index in [-0.39, 0.29) is 17.4 Å². The highest BCUT2D eigenvalue weighted by atomic mass is 32.2. The maximum atomic E-state index is 11.0. The fourth-order valence-corrected chi connectivity index (χ4v) is 2.19. The molecule has 6 nitrogen and oxygen atoms in total. The fraction of sp³-hybridized carbons (Fsp3) is 0.500. The van der Waals surface area contributed by atoms with Crippen LogP contribution in [0.3, 0.4) is 0 Å². The molecule has 1 rings (SSSR count). The number of sulfone groups is 1. The molecule has 1 unspecified atom stereocenters. The Morgan fingerprint density at radius 3 is 2.80 bits per heavy atom. The minimum Gasteiger partial charge on any atom is -0.366 e. The first-order valence-corrected chi connectivity index (χ1v) is 6.42. The van der Waals surface area contributed by atoms with Crippen molar-refractivity contribution < 1.29 is 8.42 Å². The third-order valence-electron chi connectivity index (χ3n) is 1.63. The van der Waals surface area contributed by atoms with E-state index in [0.29, 0.717) is 5.82 Å². The van der Waals surface area contributed by atoms with Crippen LogP contribution in [-0.2, 0) is 9.84 Å². The molecule has 0 saturated carbocycles. The van der Waals surface area contributed by atoms with Crippen LogP contribution in [0.5, 0.6) is 0 Å². The molecule has 1 aromatic rings. The lowest BCUT2D eigenvalue weighted by Gasteiger charge is -2.12. The number of hydrogen-bond acceptors (Lipinski definition) is 5. The maximum absolute atomic E-state index is 11.0. The van der Waals surface area contributed by atoms with E-state index >= 15 is 0 Å². The Bertz CT molecular complexity index is 480. The van der Waals surface area contributed by atoms with E-state index in [1.807, 2.05) is 0 Å². The summed E-state index contributed by atoms with van der Waals surface area (Å²) in [6.45, 7) is 1.71. The molecule has 15 heavy (non-hydrogen) atoms. The highest BCUT2D eigenvalue weighted by Gasteiger charge is 2.10. The minimum atomic E-state index is -3.03. The maximum Gasteiger partial charge on any atom is 0.252 e. The van der Waals surface area contributed by atoms with Crippen LogP contribution in [0.25, 0.3) is 0 Å². The van der Waals surface area contributed by atoms with Crippen molar-refractivity contribution in [1.82, 2.24) is 9.97 Å². The number of anilines is 1. The zero-order chi connectivity index (χ0) is 11.5. The van der Waals surface area contributed by atoms with Gasteiger partial charge in [0.05, 0.1) is 12.1 Å². The summed E-state index contributed by atoms with van der Waals surface area (Å²) in [5.74, 6) is 0.372. The molecular weight excluding hydrogens is 218 g/mol. The fourth-order valence-electron chi connectivity index (χ4n) is 1.20. The average molecular weight is 231 g/mol. The van der Waals surface area contributed by atoms with Gasteiger partial charge in [-0.3, -0.25) is 4.79 Å². The first-order valence-electron chi connectivity index (χ1n) is 4.36. The number of aromatic amines is 1. The van der Waals surface area contributed by atoms with Crippen LogP contribution < -0.4 is 10.9 Å². The van der Waals surface area contributed by atoms with Crippen molar-refractivity contribution in [2.75, 3.05) is 17.3 Å². The quantitative estimate of drug-likeness (QED) is 0.736. The summed E-state index contributed by atoms with van der Waals surface area (Å²) in [6.07, 6.45) is 2.42. The molecule has 0 aliphatic rings. The number of aromatic nitrogens is 2. The molecule has 0 radical (unpaired) electrons. The van der Waals surface area contributed by atoms with Crippen LogP contribution >= 0.6 is 0 Å². The predicted octanol–water partition coefficient (Wildman–Crippen LogP) is -0.385. The van der Waals surface area contributed by atoms with Crippen LogP contribution in [0.4, 0.5) is 5.82 Å². The third-order valence-corrected chi connectivity index (χ3v) is 2.73. The van der Waals surface area contributed by atoms with Crippen molar-refractivity contribution in [3.8, 4) is 0 Å². The van der Waals surface area contributed by atoms with E-state index in [0.717, 1.165) is 6.26 Å². The van der Waals surface area contributed by atoms with Crippen molar-refractivity contribution in [3.05, 3.63) is 22.7 Å². The second-order valence-corrected chi connectivity index (χ2v) is 5.62. The number of rotatable bonds is 4. The molecule has 84 valence electrons. The van der Waals surface area contributed by atoms with Crippen LogP contribution in [0.15, 0.2) is 17.2 Å². The lowest BCUT2D eigenvalue weighted by Crippen LogP contribution is -2.26. The van der Waals surface area contributed by atoms with Gasteiger partial charge in [-0.25, -0.2) is 13.4 Å². The highest BCUT2D eigenvalue weighted by molar-refractivity contribution is 7.90. The SMILES string of the molecule is CC(CS(C)(=O)=O)Nc1cc(=O)[nH]cn1. The highest BCUT2D eigenvalue weighted by Crippen LogP contribution is 2.00. The zero-order valence-electron chi connectivity index (χ0n) is 8.52. The van der Waals surface area contributed by atoms with Gasteiger partial charge in [0, 0.05) is 18.4 Å². The van der Waals surface area contributed by atoms with Gasteiger partial charge < -0.3 is 10.3 Å². The molecule has 0 amide bonds. The van der Waals surface area contributed by atoms with Crippen molar-refractivity contribution in [2.24, 2.45) is 0 Å². The first kappa shape index (κ1) is 11.7. The minimum absolute atomic E-state index is 0.00147. The van der Waals surface area contributed by atoms with Crippen LogP contribution in [0.2, 0.25) is 0 Å². The van der Waals surface area contributed by atoms with Crippen LogP contribution in [-0.4, -0.2) is 36.4 Å². The number of nitrogens with zero attached hydrogens (tertiary/aromatic N) is 1. The van der Waals surface area contributed by atoms with E-state index in [1.165, 1.54) is 12.4 Å². The van der Waals surface area contributed by atoms with Gasteiger partial charge in [0.2, 0.25) is 0 Å². The van der Waals surface area contributed by atoms with Gasteiger partial charge in [-0.1, -0.05) is 0 Å². The second-order valence-electron chi connectivity index (χ2n) is 3.43. The normalized spacial score (nSPS) is 13.5. The molecule has 1 heterocycles. The molecule has 0 bridgehead atoms. The molecule has 0 aliphatic carbocycles. The largest absolute Gasteiger partial charge is 0.366 e. The smallest absolute Gasteiger partial charge is 0.252 e. The van der Waals surface area contributed by atoms with E-state index in [9.17, 15) is 13.2 Å². The summed E-state index contributed by atoms with van der Waals surface area (Å²) in [5, 5.41) is 2.83. The van der Waals surface area contributed by atoms with Gasteiger partial charge in [-0.15, -0.1) is 0 Å². The van der Waals surface area contributed by atoms with Gasteiger partial charge in [0.1, 0.15) is 15.7 Å². The van der Waals surface area contributed by atoms with Gasteiger partial charge in [-0.2, -0.15) is 0 Å². The number of nitrogens with one attached hydrogen (secondary N) is 2. The average Bonchev–Trinajstić information content (AvgIpc) is 1.99. The van der Waals surface area contributed by atoms with Crippen molar-refractivity contribution in [2.45, 2.75) is 13.0 Å². The monoisotopic (exact) mass is 231 g/mol. The van der Waals surface area contributed by atoms with Crippen LogP contribution in [0, 0.1) is 0 Å². The summed E-state index contributed by atoms with van der Waals surface area (Å²) >= 11 is 0. The Morgan fingerprint density at radius 1 is 1.60 bits per heavy atom. The lowest BCUT2D eigenvalue weighted by molar-refractivity contribution is 0.598. The van der Waals surface area contributed by atoms with Crippen molar-refractivity contribution in [1.29, 1.82) is 0 Å².